The zero-order chi connectivity index (χ0) is 11.1. The van der Waals surface area contributed by atoms with Crippen LogP contribution in [0.15, 0.2) is 30.0 Å². The highest BCUT2D eigenvalue weighted by Gasteiger charge is 2.32. The number of hydroxylamine groups is 1. The minimum absolute atomic E-state index is 0.488. The van der Waals surface area contributed by atoms with E-state index >= 15 is 0 Å². The summed E-state index contributed by atoms with van der Waals surface area (Å²) < 4.78 is 0. The molecule has 2 aliphatic rings. The number of fused-ring (bicyclic) bond motifs is 2. The third-order valence-corrected chi connectivity index (χ3v) is 3.06. The summed E-state index contributed by atoms with van der Waals surface area (Å²) in [5.41, 5.74) is 5.94. The van der Waals surface area contributed by atoms with Crippen molar-refractivity contribution in [2.75, 3.05) is 0 Å². The summed E-state index contributed by atoms with van der Waals surface area (Å²) in [6.45, 7) is 0. The predicted molar refractivity (Wildman–Crippen MR) is 57.3 cm³/mol. The Hall–Kier alpha value is -1.81. The van der Waals surface area contributed by atoms with Crippen molar-refractivity contribution >= 4 is 11.5 Å². The first kappa shape index (κ1) is 9.42. The molecule has 0 radical (unpaired) electrons. The van der Waals surface area contributed by atoms with Gasteiger partial charge in [0.25, 0.3) is 0 Å². The molecule has 0 amide bonds. The van der Waals surface area contributed by atoms with Gasteiger partial charge in [0.2, 0.25) is 0 Å². The number of hydrogen-bond donors (Lipinski definition) is 2. The number of rotatable bonds is 1. The maximum atomic E-state index is 10.9. The second-order valence-corrected chi connectivity index (χ2v) is 4.05. The molecule has 0 saturated carbocycles. The summed E-state index contributed by atoms with van der Waals surface area (Å²) in [6.07, 6.45) is 1.24. The molecule has 0 fully saturated rings. The van der Waals surface area contributed by atoms with Gasteiger partial charge in [-0.2, -0.15) is 0 Å². The second-order valence-electron chi connectivity index (χ2n) is 4.05. The smallest absolute Gasteiger partial charge is 0.324 e. The third kappa shape index (κ3) is 1.31. The number of aliphatic carboxylic acids is 1. The molecule has 16 heavy (non-hydrogen) atoms. The lowest BCUT2D eigenvalue weighted by Gasteiger charge is -2.22. The van der Waals surface area contributed by atoms with Crippen LogP contribution in [0.2, 0.25) is 0 Å². The molecule has 4 heteroatoms. The highest BCUT2D eigenvalue weighted by Crippen LogP contribution is 2.37. The second kappa shape index (κ2) is 3.35. The molecule has 1 heterocycles. The van der Waals surface area contributed by atoms with E-state index in [4.69, 9.17) is 9.94 Å². The number of benzene rings is 1. The summed E-state index contributed by atoms with van der Waals surface area (Å²) in [4.78, 5) is 16.2. The molecule has 1 atom stereocenters. The van der Waals surface area contributed by atoms with Crippen molar-refractivity contribution in [3.63, 3.8) is 0 Å². The fourth-order valence-corrected chi connectivity index (χ4v) is 2.25. The summed E-state index contributed by atoms with van der Waals surface area (Å²) in [5.74, 6) is -0.0189. The molecule has 1 aromatic rings. The minimum atomic E-state index is -0.879. The summed E-state index contributed by atoms with van der Waals surface area (Å²) in [5, 5.41) is 8.94. The first-order valence-electron chi connectivity index (χ1n) is 5.21. The van der Waals surface area contributed by atoms with Crippen LogP contribution in [-0.2, 0) is 16.1 Å². The maximum Gasteiger partial charge on any atom is 0.324 e. The van der Waals surface area contributed by atoms with E-state index in [0.717, 1.165) is 23.3 Å². The SMILES string of the molecule is O=C(O)C1CC2=C(Cc3ccccc32)ON1. The predicted octanol–water partition coefficient (Wildman–Crippen LogP) is 1.33. The first-order chi connectivity index (χ1) is 7.75. The Morgan fingerprint density at radius 2 is 2.25 bits per heavy atom. The molecule has 0 bridgehead atoms. The Bertz CT molecular complexity index is 493. The van der Waals surface area contributed by atoms with Crippen molar-refractivity contribution in [1.29, 1.82) is 0 Å². The van der Waals surface area contributed by atoms with Gasteiger partial charge in [0.15, 0.2) is 0 Å². The standard InChI is InChI=1S/C12H11NO3/c14-12(15)10-6-9-8-4-2-1-3-7(8)5-11(9)16-13-10/h1-4,10,13H,5-6H2,(H,14,15). The van der Waals surface area contributed by atoms with Crippen molar-refractivity contribution in [3.05, 3.63) is 41.2 Å². The van der Waals surface area contributed by atoms with Crippen LogP contribution in [0.1, 0.15) is 17.5 Å². The quantitative estimate of drug-likeness (QED) is 0.745. The van der Waals surface area contributed by atoms with Crippen LogP contribution in [0, 0.1) is 0 Å². The lowest BCUT2D eigenvalue weighted by atomic mass is 9.99. The van der Waals surface area contributed by atoms with Crippen LogP contribution in [-0.4, -0.2) is 17.1 Å². The zero-order valence-corrected chi connectivity index (χ0v) is 8.56. The van der Waals surface area contributed by atoms with Crippen molar-refractivity contribution in [3.8, 4) is 0 Å². The van der Waals surface area contributed by atoms with Crippen LogP contribution < -0.4 is 5.48 Å². The van der Waals surface area contributed by atoms with Gasteiger partial charge in [0, 0.05) is 18.4 Å². The van der Waals surface area contributed by atoms with E-state index in [1.54, 1.807) is 0 Å². The Morgan fingerprint density at radius 3 is 3.06 bits per heavy atom. The van der Waals surface area contributed by atoms with E-state index in [-0.39, 0.29) is 0 Å². The van der Waals surface area contributed by atoms with Crippen molar-refractivity contribution in [2.24, 2.45) is 0 Å². The van der Waals surface area contributed by atoms with Gasteiger partial charge in [-0.3, -0.25) is 4.79 Å². The Kier molecular flexibility index (Phi) is 1.97. The Labute approximate surface area is 92.5 Å². The lowest BCUT2D eigenvalue weighted by molar-refractivity contribution is -0.143. The fraction of sp³-hybridized carbons (Fsp3) is 0.250. The molecule has 1 aliphatic carbocycles. The number of carbonyl (C=O) groups is 1. The Balaban J connectivity index is 1.97. The van der Waals surface area contributed by atoms with Gasteiger partial charge in [0.05, 0.1) is 0 Å². The van der Waals surface area contributed by atoms with Gasteiger partial charge < -0.3 is 9.94 Å². The van der Waals surface area contributed by atoms with Crippen molar-refractivity contribution < 1.29 is 14.7 Å². The third-order valence-electron chi connectivity index (χ3n) is 3.06. The van der Waals surface area contributed by atoms with Gasteiger partial charge in [0.1, 0.15) is 11.8 Å². The number of carboxylic acids is 1. The van der Waals surface area contributed by atoms with E-state index in [1.807, 2.05) is 24.3 Å². The topological polar surface area (TPSA) is 58.6 Å². The van der Waals surface area contributed by atoms with E-state index in [0.29, 0.717) is 6.42 Å². The van der Waals surface area contributed by atoms with Crippen molar-refractivity contribution in [1.82, 2.24) is 5.48 Å². The molecule has 0 spiro atoms. The van der Waals surface area contributed by atoms with Crippen molar-refractivity contribution in [2.45, 2.75) is 18.9 Å². The molecule has 1 aliphatic heterocycles. The molecule has 4 nitrogen and oxygen atoms in total. The average Bonchev–Trinajstić information content (AvgIpc) is 2.66. The van der Waals surface area contributed by atoms with Gasteiger partial charge in [-0.1, -0.05) is 24.3 Å². The molecular weight excluding hydrogens is 206 g/mol. The number of allylic oxidation sites excluding steroid dienone is 1. The first-order valence-corrected chi connectivity index (χ1v) is 5.21. The highest BCUT2D eigenvalue weighted by atomic mass is 16.7. The van der Waals surface area contributed by atoms with Crippen LogP contribution in [0.25, 0.3) is 5.57 Å². The molecule has 0 aromatic heterocycles. The Morgan fingerprint density at radius 1 is 1.44 bits per heavy atom. The largest absolute Gasteiger partial charge is 0.480 e. The minimum Gasteiger partial charge on any atom is -0.480 e. The molecule has 0 saturated heterocycles. The molecule has 1 unspecified atom stereocenters. The zero-order valence-electron chi connectivity index (χ0n) is 8.56. The average molecular weight is 217 g/mol. The summed E-state index contributed by atoms with van der Waals surface area (Å²) in [6, 6.07) is 7.37. The summed E-state index contributed by atoms with van der Waals surface area (Å²) >= 11 is 0. The summed E-state index contributed by atoms with van der Waals surface area (Å²) in [7, 11) is 0. The molecule has 82 valence electrons. The highest BCUT2D eigenvalue weighted by molar-refractivity contribution is 5.82. The number of hydrogen-bond acceptors (Lipinski definition) is 3. The van der Waals surface area contributed by atoms with E-state index in [1.165, 1.54) is 5.56 Å². The van der Waals surface area contributed by atoms with E-state index in [2.05, 4.69) is 5.48 Å². The normalized spacial score (nSPS) is 22.4. The fourth-order valence-electron chi connectivity index (χ4n) is 2.25. The van der Waals surface area contributed by atoms with Gasteiger partial charge in [-0.15, -0.1) is 5.48 Å². The van der Waals surface area contributed by atoms with Crippen LogP contribution in [0.5, 0.6) is 0 Å². The molecule has 1 aromatic carbocycles. The van der Waals surface area contributed by atoms with E-state index < -0.39 is 12.0 Å². The molecular formula is C12H11NO3. The maximum absolute atomic E-state index is 10.9. The van der Waals surface area contributed by atoms with Crippen LogP contribution >= 0.6 is 0 Å². The molecule has 2 N–H and O–H groups in total. The van der Waals surface area contributed by atoms with Gasteiger partial charge >= 0.3 is 5.97 Å². The van der Waals surface area contributed by atoms with E-state index in [9.17, 15) is 4.79 Å². The molecule has 3 rings (SSSR count). The monoisotopic (exact) mass is 217 g/mol. The number of carboxylic acid groups (broad SMARTS) is 1. The number of nitrogens with one attached hydrogen (secondary N) is 1. The van der Waals surface area contributed by atoms with Crippen LogP contribution in [0.4, 0.5) is 0 Å². The van der Waals surface area contributed by atoms with Crippen LogP contribution in [0.3, 0.4) is 0 Å². The van der Waals surface area contributed by atoms with Gasteiger partial charge in [-0.25, -0.2) is 0 Å². The lowest BCUT2D eigenvalue weighted by Crippen LogP contribution is -2.39. The van der Waals surface area contributed by atoms with Gasteiger partial charge in [-0.05, 0) is 11.1 Å².